The number of benzene rings is 1. The van der Waals surface area contributed by atoms with Gasteiger partial charge in [-0.3, -0.25) is 9.78 Å². The van der Waals surface area contributed by atoms with Crippen LogP contribution >= 0.6 is 0 Å². The van der Waals surface area contributed by atoms with Crippen molar-refractivity contribution in [2.45, 2.75) is 13.0 Å². The fourth-order valence-corrected chi connectivity index (χ4v) is 1.88. The van der Waals surface area contributed by atoms with E-state index in [1.807, 2.05) is 6.92 Å². The molecular formula is C15H14N2O3. The molecule has 0 bridgehead atoms. The van der Waals surface area contributed by atoms with Crippen LogP contribution in [0.5, 0.6) is 0 Å². The molecule has 5 nitrogen and oxygen atoms in total. The van der Waals surface area contributed by atoms with Crippen molar-refractivity contribution in [1.82, 2.24) is 10.3 Å². The number of nitrogens with one attached hydrogen (secondary N) is 1. The predicted octanol–water partition coefficient (Wildman–Crippen LogP) is 2.27. The summed E-state index contributed by atoms with van der Waals surface area (Å²) in [4.78, 5) is 27.2. The molecular weight excluding hydrogens is 256 g/mol. The first-order chi connectivity index (χ1) is 9.59. The van der Waals surface area contributed by atoms with Gasteiger partial charge >= 0.3 is 5.97 Å². The minimum absolute atomic E-state index is 0.00747. The molecule has 0 unspecified atom stereocenters. The van der Waals surface area contributed by atoms with Crippen molar-refractivity contribution in [3.05, 3.63) is 65.5 Å². The Morgan fingerprint density at radius 1 is 1.10 bits per heavy atom. The molecule has 1 amide bonds. The molecule has 102 valence electrons. The molecule has 20 heavy (non-hydrogen) atoms. The van der Waals surface area contributed by atoms with Gasteiger partial charge < -0.3 is 10.4 Å². The summed E-state index contributed by atoms with van der Waals surface area (Å²) in [5.74, 6) is -1.53. The number of carbonyl (C=O) groups is 2. The summed E-state index contributed by atoms with van der Waals surface area (Å²) in [5, 5.41) is 11.9. The molecule has 5 heteroatoms. The number of pyridine rings is 1. The van der Waals surface area contributed by atoms with E-state index in [4.69, 9.17) is 5.11 Å². The third kappa shape index (κ3) is 3.00. The Bertz CT molecular complexity index is 626. The topological polar surface area (TPSA) is 79.3 Å². The van der Waals surface area contributed by atoms with Crippen LogP contribution in [0.15, 0.2) is 48.8 Å². The molecule has 0 aliphatic heterocycles. The molecule has 1 aromatic heterocycles. The Labute approximate surface area is 116 Å². The molecule has 2 N–H and O–H groups in total. The highest BCUT2D eigenvalue weighted by atomic mass is 16.4. The van der Waals surface area contributed by atoms with Gasteiger partial charge in [0.05, 0.1) is 17.2 Å². The lowest BCUT2D eigenvalue weighted by atomic mass is 10.1. The van der Waals surface area contributed by atoms with Gasteiger partial charge in [-0.15, -0.1) is 0 Å². The zero-order chi connectivity index (χ0) is 14.5. The number of carboxylic acid groups (broad SMARTS) is 1. The van der Waals surface area contributed by atoms with Crippen molar-refractivity contribution in [1.29, 1.82) is 0 Å². The monoisotopic (exact) mass is 270 g/mol. The summed E-state index contributed by atoms with van der Waals surface area (Å²) in [7, 11) is 0. The van der Waals surface area contributed by atoms with Crippen LogP contribution in [0.1, 0.15) is 39.2 Å². The van der Waals surface area contributed by atoms with Crippen LogP contribution in [0, 0.1) is 0 Å². The SMILES string of the molecule is C[C@H](NC(=O)c1ccccc1C(=O)O)c1ccncc1. The summed E-state index contributed by atoms with van der Waals surface area (Å²) in [6.45, 7) is 1.83. The third-order valence-corrected chi connectivity index (χ3v) is 2.96. The second-order valence-electron chi connectivity index (χ2n) is 4.33. The second kappa shape index (κ2) is 5.97. The Morgan fingerprint density at radius 2 is 1.70 bits per heavy atom. The largest absolute Gasteiger partial charge is 0.478 e. The smallest absolute Gasteiger partial charge is 0.336 e. The lowest BCUT2D eigenvalue weighted by Crippen LogP contribution is -2.28. The van der Waals surface area contributed by atoms with Gasteiger partial charge in [-0.1, -0.05) is 12.1 Å². The molecule has 0 spiro atoms. The molecule has 1 heterocycles. The highest BCUT2D eigenvalue weighted by molar-refractivity contribution is 6.04. The van der Waals surface area contributed by atoms with Crippen molar-refractivity contribution < 1.29 is 14.7 Å². The summed E-state index contributed by atoms with van der Waals surface area (Å²) in [5.41, 5.74) is 1.05. The highest BCUT2D eigenvalue weighted by Crippen LogP contribution is 2.14. The molecule has 0 aliphatic rings. The molecule has 0 radical (unpaired) electrons. The van der Waals surface area contributed by atoms with Crippen LogP contribution in [0.25, 0.3) is 0 Å². The van der Waals surface area contributed by atoms with Gasteiger partial charge in [-0.2, -0.15) is 0 Å². The maximum Gasteiger partial charge on any atom is 0.336 e. The zero-order valence-electron chi connectivity index (χ0n) is 10.9. The lowest BCUT2D eigenvalue weighted by Gasteiger charge is -2.15. The van der Waals surface area contributed by atoms with Crippen molar-refractivity contribution in [2.75, 3.05) is 0 Å². The first-order valence-electron chi connectivity index (χ1n) is 6.12. The number of amides is 1. The van der Waals surface area contributed by atoms with Gasteiger partial charge in [0.25, 0.3) is 5.91 Å². The quantitative estimate of drug-likeness (QED) is 0.893. The van der Waals surface area contributed by atoms with Crippen molar-refractivity contribution in [2.24, 2.45) is 0 Å². The van der Waals surface area contributed by atoms with Gasteiger partial charge in [-0.05, 0) is 36.8 Å². The Hall–Kier alpha value is -2.69. The molecule has 0 saturated heterocycles. The fraction of sp³-hybridized carbons (Fsp3) is 0.133. The highest BCUT2D eigenvalue weighted by Gasteiger charge is 2.17. The normalized spacial score (nSPS) is 11.7. The van der Waals surface area contributed by atoms with E-state index < -0.39 is 11.9 Å². The van der Waals surface area contributed by atoms with Gasteiger partial charge in [0, 0.05) is 12.4 Å². The molecule has 0 saturated carbocycles. The number of carbonyl (C=O) groups excluding carboxylic acids is 1. The van der Waals surface area contributed by atoms with Crippen LogP contribution in [-0.4, -0.2) is 22.0 Å². The summed E-state index contributed by atoms with van der Waals surface area (Å²) in [6.07, 6.45) is 3.28. The van der Waals surface area contributed by atoms with E-state index in [1.54, 1.807) is 36.7 Å². The second-order valence-corrected chi connectivity index (χ2v) is 4.33. The van der Waals surface area contributed by atoms with Crippen LogP contribution in [-0.2, 0) is 0 Å². The predicted molar refractivity (Wildman–Crippen MR) is 73.5 cm³/mol. The van der Waals surface area contributed by atoms with Crippen molar-refractivity contribution >= 4 is 11.9 Å². The number of carboxylic acids is 1. The zero-order valence-corrected chi connectivity index (χ0v) is 10.9. The summed E-state index contributed by atoms with van der Waals surface area (Å²) >= 11 is 0. The minimum atomic E-state index is -1.12. The number of rotatable bonds is 4. The van der Waals surface area contributed by atoms with E-state index in [-0.39, 0.29) is 17.2 Å². The first kappa shape index (κ1) is 13.7. The Morgan fingerprint density at radius 3 is 2.30 bits per heavy atom. The summed E-state index contributed by atoms with van der Waals surface area (Å²) < 4.78 is 0. The van der Waals surface area contributed by atoms with E-state index in [9.17, 15) is 9.59 Å². The number of aromatic nitrogens is 1. The van der Waals surface area contributed by atoms with Crippen LogP contribution in [0.2, 0.25) is 0 Å². The van der Waals surface area contributed by atoms with Crippen LogP contribution in [0.4, 0.5) is 0 Å². The maximum atomic E-state index is 12.2. The van der Waals surface area contributed by atoms with E-state index in [2.05, 4.69) is 10.3 Å². The molecule has 2 aromatic rings. The van der Waals surface area contributed by atoms with E-state index >= 15 is 0 Å². The Balaban J connectivity index is 2.19. The molecule has 2 rings (SSSR count). The number of hydrogen-bond acceptors (Lipinski definition) is 3. The lowest BCUT2D eigenvalue weighted by molar-refractivity contribution is 0.0690. The van der Waals surface area contributed by atoms with Crippen molar-refractivity contribution in [3.8, 4) is 0 Å². The molecule has 0 fully saturated rings. The third-order valence-electron chi connectivity index (χ3n) is 2.96. The Kier molecular flexibility index (Phi) is 4.10. The number of hydrogen-bond donors (Lipinski definition) is 2. The first-order valence-corrected chi connectivity index (χ1v) is 6.12. The van der Waals surface area contributed by atoms with E-state index in [0.717, 1.165) is 5.56 Å². The van der Waals surface area contributed by atoms with Gasteiger partial charge in [0.15, 0.2) is 0 Å². The standard InChI is InChI=1S/C15H14N2O3/c1-10(11-6-8-16-9-7-11)17-14(18)12-4-2-3-5-13(12)15(19)20/h2-10H,1H3,(H,17,18)(H,19,20)/t10-/m0/s1. The average molecular weight is 270 g/mol. The number of nitrogens with zero attached hydrogens (tertiary/aromatic N) is 1. The fourth-order valence-electron chi connectivity index (χ4n) is 1.88. The van der Waals surface area contributed by atoms with Crippen LogP contribution in [0.3, 0.4) is 0 Å². The number of aromatic carboxylic acids is 1. The molecule has 1 aromatic carbocycles. The average Bonchev–Trinajstić information content (AvgIpc) is 2.48. The van der Waals surface area contributed by atoms with E-state index in [1.165, 1.54) is 12.1 Å². The minimum Gasteiger partial charge on any atom is -0.478 e. The molecule has 0 aliphatic carbocycles. The summed E-state index contributed by atoms with van der Waals surface area (Å²) in [6, 6.07) is 9.51. The van der Waals surface area contributed by atoms with E-state index in [0.29, 0.717) is 0 Å². The van der Waals surface area contributed by atoms with Crippen LogP contribution < -0.4 is 5.32 Å². The van der Waals surface area contributed by atoms with Crippen molar-refractivity contribution in [3.63, 3.8) is 0 Å². The van der Waals surface area contributed by atoms with Gasteiger partial charge in [0.2, 0.25) is 0 Å². The van der Waals surface area contributed by atoms with Gasteiger partial charge in [0.1, 0.15) is 0 Å². The molecule has 1 atom stereocenters. The van der Waals surface area contributed by atoms with Gasteiger partial charge in [-0.25, -0.2) is 4.79 Å². The maximum absolute atomic E-state index is 12.2.